The molecular weight excluding hydrogens is 272 g/mol. The maximum absolute atomic E-state index is 5.36. The van der Waals surface area contributed by atoms with Crippen LogP contribution >= 0.6 is 0 Å². The summed E-state index contributed by atoms with van der Waals surface area (Å²) in [4.78, 5) is 15.1. The van der Waals surface area contributed by atoms with Crippen LogP contribution in [0.25, 0.3) is 0 Å². The number of anilines is 2. The van der Waals surface area contributed by atoms with Crippen molar-refractivity contribution in [2.24, 2.45) is 0 Å². The lowest BCUT2D eigenvalue weighted by atomic mass is 10.4. The lowest BCUT2D eigenvalue weighted by molar-refractivity contribution is 0.0398. The van der Waals surface area contributed by atoms with Gasteiger partial charge in [0.1, 0.15) is 0 Å². The molecule has 1 aromatic heterocycles. The van der Waals surface area contributed by atoms with Gasteiger partial charge < -0.3 is 20.1 Å². The van der Waals surface area contributed by atoms with E-state index in [1.54, 1.807) is 0 Å². The van der Waals surface area contributed by atoms with E-state index < -0.39 is 0 Å². The molecule has 0 radical (unpaired) electrons. The molecule has 0 bridgehead atoms. The topological polar surface area (TPSA) is 84.4 Å². The van der Waals surface area contributed by atoms with Crippen molar-refractivity contribution in [1.82, 2.24) is 19.9 Å². The van der Waals surface area contributed by atoms with Crippen LogP contribution in [0.2, 0.25) is 0 Å². The monoisotopic (exact) mass is 296 g/mol. The number of hydrogen-bond acceptors (Lipinski definition) is 8. The molecule has 0 spiro atoms. The Hall–Kier alpha value is -1.67. The van der Waals surface area contributed by atoms with Crippen LogP contribution in [0, 0.1) is 0 Å². The van der Waals surface area contributed by atoms with Crippen LogP contribution in [-0.2, 0) is 4.74 Å². The average Bonchev–Trinajstić information content (AvgIpc) is 2.49. The highest BCUT2D eigenvalue weighted by Crippen LogP contribution is 2.11. The molecule has 0 amide bonds. The minimum atomic E-state index is 0.345. The van der Waals surface area contributed by atoms with Gasteiger partial charge in [-0.15, -0.1) is 0 Å². The quantitative estimate of drug-likeness (QED) is 0.715. The van der Waals surface area contributed by atoms with E-state index in [9.17, 15) is 0 Å². The molecule has 0 unspecified atom stereocenters. The van der Waals surface area contributed by atoms with Crippen molar-refractivity contribution in [3.8, 4) is 6.01 Å². The maximum atomic E-state index is 5.36. The summed E-state index contributed by atoms with van der Waals surface area (Å²) in [7, 11) is 0. The average molecular weight is 296 g/mol. The van der Waals surface area contributed by atoms with E-state index in [-0.39, 0.29) is 0 Å². The third kappa shape index (κ3) is 5.31. The van der Waals surface area contributed by atoms with Gasteiger partial charge in [-0.05, 0) is 13.8 Å². The van der Waals surface area contributed by atoms with Gasteiger partial charge in [0.2, 0.25) is 11.9 Å². The summed E-state index contributed by atoms with van der Waals surface area (Å²) >= 11 is 0. The summed E-state index contributed by atoms with van der Waals surface area (Å²) in [6.45, 7) is 10.5. The zero-order valence-corrected chi connectivity index (χ0v) is 12.8. The zero-order chi connectivity index (χ0) is 14.9. The number of nitrogens with one attached hydrogen (secondary N) is 2. The second-order valence-corrected chi connectivity index (χ2v) is 4.61. The van der Waals surface area contributed by atoms with Gasteiger partial charge in [-0.3, -0.25) is 4.90 Å². The molecule has 0 saturated carbocycles. The SMILES string of the molecule is CCNc1nc(NCCN2CCOCC2)nc(OCC)n1. The summed E-state index contributed by atoms with van der Waals surface area (Å²) in [5.41, 5.74) is 0. The molecule has 1 aliphatic heterocycles. The third-order valence-corrected chi connectivity index (χ3v) is 3.04. The predicted molar refractivity (Wildman–Crippen MR) is 80.9 cm³/mol. The molecule has 21 heavy (non-hydrogen) atoms. The second kappa shape index (κ2) is 8.58. The van der Waals surface area contributed by atoms with E-state index in [1.165, 1.54) is 0 Å². The number of morpholine rings is 1. The van der Waals surface area contributed by atoms with Gasteiger partial charge >= 0.3 is 6.01 Å². The fraction of sp³-hybridized carbons (Fsp3) is 0.769. The Morgan fingerprint density at radius 3 is 2.48 bits per heavy atom. The molecule has 2 rings (SSSR count). The molecule has 1 aliphatic rings. The first-order valence-corrected chi connectivity index (χ1v) is 7.48. The molecule has 0 aromatic carbocycles. The second-order valence-electron chi connectivity index (χ2n) is 4.61. The van der Waals surface area contributed by atoms with E-state index in [0.717, 1.165) is 45.9 Å². The van der Waals surface area contributed by atoms with Crippen LogP contribution in [0.4, 0.5) is 11.9 Å². The Labute approximate surface area is 125 Å². The van der Waals surface area contributed by atoms with E-state index in [4.69, 9.17) is 9.47 Å². The third-order valence-electron chi connectivity index (χ3n) is 3.04. The number of aromatic nitrogens is 3. The number of ether oxygens (including phenoxy) is 2. The van der Waals surface area contributed by atoms with E-state index in [1.807, 2.05) is 13.8 Å². The molecule has 2 heterocycles. The Balaban J connectivity index is 1.87. The number of hydrogen-bond donors (Lipinski definition) is 2. The fourth-order valence-electron chi connectivity index (χ4n) is 2.02. The first kappa shape index (κ1) is 15.7. The van der Waals surface area contributed by atoms with Gasteiger partial charge in [0.25, 0.3) is 0 Å². The van der Waals surface area contributed by atoms with Crippen LogP contribution in [0.1, 0.15) is 13.8 Å². The van der Waals surface area contributed by atoms with Crippen molar-refractivity contribution < 1.29 is 9.47 Å². The first-order valence-electron chi connectivity index (χ1n) is 7.48. The smallest absolute Gasteiger partial charge is 0.323 e. The molecule has 1 fully saturated rings. The number of nitrogens with zero attached hydrogens (tertiary/aromatic N) is 4. The molecule has 1 saturated heterocycles. The van der Waals surface area contributed by atoms with Gasteiger partial charge in [0.05, 0.1) is 19.8 Å². The highest BCUT2D eigenvalue weighted by Gasteiger charge is 2.10. The van der Waals surface area contributed by atoms with Crippen molar-refractivity contribution in [2.75, 3.05) is 63.2 Å². The van der Waals surface area contributed by atoms with Crippen molar-refractivity contribution in [3.05, 3.63) is 0 Å². The Morgan fingerprint density at radius 2 is 1.81 bits per heavy atom. The fourth-order valence-corrected chi connectivity index (χ4v) is 2.02. The van der Waals surface area contributed by atoms with Crippen LogP contribution in [-0.4, -0.2) is 72.4 Å². The molecule has 0 atom stereocenters. The molecule has 2 N–H and O–H groups in total. The summed E-state index contributed by atoms with van der Waals surface area (Å²) in [5, 5.41) is 6.30. The van der Waals surface area contributed by atoms with Crippen molar-refractivity contribution in [3.63, 3.8) is 0 Å². The highest BCUT2D eigenvalue weighted by atomic mass is 16.5. The van der Waals surface area contributed by atoms with Gasteiger partial charge in [-0.2, -0.15) is 15.0 Å². The van der Waals surface area contributed by atoms with Crippen LogP contribution in [0.5, 0.6) is 6.01 Å². The lowest BCUT2D eigenvalue weighted by Crippen LogP contribution is -2.39. The Morgan fingerprint density at radius 1 is 1.10 bits per heavy atom. The van der Waals surface area contributed by atoms with Gasteiger partial charge in [0, 0.05) is 32.7 Å². The maximum Gasteiger partial charge on any atom is 0.323 e. The van der Waals surface area contributed by atoms with E-state index in [2.05, 4.69) is 30.5 Å². The summed E-state index contributed by atoms with van der Waals surface area (Å²) in [6, 6.07) is 0.345. The minimum absolute atomic E-state index is 0.345. The van der Waals surface area contributed by atoms with Gasteiger partial charge in [0.15, 0.2) is 0 Å². The highest BCUT2D eigenvalue weighted by molar-refractivity contribution is 5.35. The number of rotatable bonds is 8. The Kier molecular flexibility index (Phi) is 6.42. The lowest BCUT2D eigenvalue weighted by Gasteiger charge is -2.26. The van der Waals surface area contributed by atoms with E-state index in [0.29, 0.717) is 24.5 Å². The molecule has 1 aromatic rings. The van der Waals surface area contributed by atoms with Gasteiger partial charge in [-0.25, -0.2) is 0 Å². The van der Waals surface area contributed by atoms with E-state index >= 15 is 0 Å². The van der Waals surface area contributed by atoms with Crippen molar-refractivity contribution in [2.45, 2.75) is 13.8 Å². The minimum Gasteiger partial charge on any atom is -0.464 e. The Bertz CT molecular complexity index is 401. The van der Waals surface area contributed by atoms with Crippen LogP contribution < -0.4 is 15.4 Å². The normalized spacial score (nSPS) is 15.7. The molecule has 118 valence electrons. The predicted octanol–water partition coefficient (Wildman–Crippen LogP) is 0.446. The summed E-state index contributed by atoms with van der Waals surface area (Å²) < 4.78 is 10.7. The van der Waals surface area contributed by atoms with Crippen LogP contribution in [0.3, 0.4) is 0 Å². The molecule has 8 nitrogen and oxygen atoms in total. The first-order chi connectivity index (χ1) is 10.3. The standard InChI is InChI=1S/C13H24N6O2/c1-3-14-11-16-12(18-13(17-11)21-4-2)15-5-6-19-7-9-20-10-8-19/h3-10H2,1-2H3,(H2,14,15,16,17,18). The van der Waals surface area contributed by atoms with Gasteiger partial charge in [-0.1, -0.05) is 0 Å². The summed E-state index contributed by atoms with van der Waals surface area (Å²) in [5.74, 6) is 1.07. The molecule has 8 heteroatoms. The zero-order valence-electron chi connectivity index (χ0n) is 12.8. The van der Waals surface area contributed by atoms with Crippen molar-refractivity contribution >= 4 is 11.9 Å². The summed E-state index contributed by atoms with van der Waals surface area (Å²) in [6.07, 6.45) is 0. The molecular formula is C13H24N6O2. The van der Waals surface area contributed by atoms with Crippen LogP contribution in [0.15, 0.2) is 0 Å². The largest absolute Gasteiger partial charge is 0.464 e. The van der Waals surface area contributed by atoms with Crippen molar-refractivity contribution in [1.29, 1.82) is 0 Å². The molecule has 0 aliphatic carbocycles.